The van der Waals surface area contributed by atoms with E-state index in [1.165, 1.54) is 17.3 Å². The average molecular weight is 265 g/mol. The molecule has 1 atom stereocenters. The van der Waals surface area contributed by atoms with Gasteiger partial charge in [-0.3, -0.25) is 4.79 Å². The second-order valence-corrected chi connectivity index (χ2v) is 5.74. The number of carbonyl (C=O) groups is 1. The molecule has 0 bridgehead atoms. The summed E-state index contributed by atoms with van der Waals surface area (Å²) in [6.45, 7) is 9.25. The van der Waals surface area contributed by atoms with Gasteiger partial charge in [0.1, 0.15) is 0 Å². The summed E-state index contributed by atoms with van der Waals surface area (Å²) in [6, 6.07) is 10.4. The third kappa shape index (κ3) is 4.37. The van der Waals surface area contributed by atoms with Gasteiger partial charge >= 0.3 is 0 Å². The van der Waals surface area contributed by atoms with Crippen LogP contribution in [0.5, 0.6) is 0 Å². The summed E-state index contributed by atoms with van der Waals surface area (Å²) in [7, 11) is 0. The summed E-state index contributed by atoms with van der Waals surface area (Å²) in [6.07, 6.45) is 0. The van der Waals surface area contributed by atoms with Gasteiger partial charge in [-0.1, -0.05) is 55.9 Å². The summed E-state index contributed by atoms with van der Waals surface area (Å²) in [5, 5.41) is 0.183. The maximum Gasteiger partial charge on any atom is 0.282 e. The Bertz CT molecular complexity index is 364. The van der Waals surface area contributed by atoms with Crippen molar-refractivity contribution in [3.05, 3.63) is 35.9 Å². The number of benzene rings is 1. The minimum absolute atomic E-state index is 0.183. The van der Waals surface area contributed by atoms with Crippen molar-refractivity contribution in [3.8, 4) is 0 Å². The van der Waals surface area contributed by atoms with Crippen LogP contribution in [-0.2, 0) is 5.75 Å². The van der Waals surface area contributed by atoms with E-state index in [9.17, 15) is 4.79 Å². The second kappa shape index (κ2) is 7.47. The van der Waals surface area contributed by atoms with Crippen LogP contribution in [0, 0.1) is 5.92 Å². The molecule has 1 amide bonds. The van der Waals surface area contributed by atoms with E-state index in [0.29, 0.717) is 12.0 Å². The molecule has 0 saturated carbocycles. The molecule has 1 rings (SSSR count). The first-order chi connectivity index (χ1) is 8.56. The van der Waals surface area contributed by atoms with Crippen LogP contribution in [0.3, 0.4) is 0 Å². The van der Waals surface area contributed by atoms with Crippen molar-refractivity contribution >= 4 is 17.0 Å². The molecule has 0 aliphatic rings. The summed E-state index contributed by atoms with van der Waals surface area (Å²) < 4.78 is 0. The Morgan fingerprint density at radius 3 is 2.33 bits per heavy atom. The molecule has 0 unspecified atom stereocenters. The number of amides is 1. The van der Waals surface area contributed by atoms with Gasteiger partial charge in [-0.2, -0.15) is 0 Å². The molecule has 0 saturated heterocycles. The Balaban J connectivity index is 2.53. The maximum absolute atomic E-state index is 12.2. The van der Waals surface area contributed by atoms with E-state index in [1.807, 2.05) is 30.0 Å². The smallest absolute Gasteiger partial charge is 0.282 e. The molecule has 2 nitrogen and oxygen atoms in total. The van der Waals surface area contributed by atoms with E-state index in [0.717, 1.165) is 12.3 Å². The molecule has 0 N–H and O–H groups in total. The number of hydrogen-bond acceptors (Lipinski definition) is 2. The quantitative estimate of drug-likeness (QED) is 0.786. The molecule has 0 heterocycles. The SMILES string of the molecule is CCN(C(=O)SCc1ccccc1)[C@H](C)C(C)C. The number of nitrogens with zero attached hydrogens (tertiary/aromatic N) is 1. The molecule has 0 aliphatic carbocycles. The Labute approximate surface area is 115 Å². The number of carbonyl (C=O) groups excluding carboxylic acids is 1. The van der Waals surface area contributed by atoms with Crippen LogP contribution in [0.4, 0.5) is 4.79 Å². The molecule has 0 fully saturated rings. The molecule has 0 aliphatic heterocycles. The summed E-state index contributed by atoms with van der Waals surface area (Å²) in [5.41, 5.74) is 1.20. The highest BCUT2D eigenvalue weighted by Gasteiger charge is 2.21. The van der Waals surface area contributed by atoms with Crippen molar-refractivity contribution < 1.29 is 4.79 Å². The van der Waals surface area contributed by atoms with E-state index in [1.54, 1.807) is 0 Å². The van der Waals surface area contributed by atoms with Gasteiger partial charge in [-0.05, 0) is 25.3 Å². The average Bonchev–Trinajstić information content (AvgIpc) is 2.38. The van der Waals surface area contributed by atoms with Crippen LogP contribution in [0.25, 0.3) is 0 Å². The van der Waals surface area contributed by atoms with E-state index >= 15 is 0 Å². The van der Waals surface area contributed by atoms with Crippen LogP contribution in [-0.4, -0.2) is 22.7 Å². The second-order valence-electron chi connectivity index (χ2n) is 4.81. The van der Waals surface area contributed by atoms with E-state index < -0.39 is 0 Å². The van der Waals surface area contributed by atoms with E-state index in [4.69, 9.17) is 0 Å². The first-order valence-corrected chi connectivity index (χ1v) is 7.52. The van der Waals surface area contributed by atoms with Crippen molar-refractivity contribution in [2.75, 3.05) is 6.54 Å². The zero-order valence-electron chi connectivity index (χ0n) is 11.7. The molecule has 100 valence electrons. The largest absolute Gasteiger partial charge is 0.331 e. The molecule has 3 heteroatoms. The fourth-order valence-corrected chi connectivity index (χ4v) is 2.69. The molecule has 0 spiro atoms. The summed E-state index contributed by atoms with van der Waals surface area (Å²) in [5.74, 6) is 1.24. The van der Waals surface area contributed by atoms with Crippen molar-refractivity contribution in [1.82, 2.24) is 4.90 Å². The van der Waals surface area contributed by atoms with Crippen molar-refractivity contribution in [3.63, 3.8) is 0 Å². The minimum Gasteiger partial charge on any atom is -0.331 e. The molecular formula is C15H23NOS. The zero-order chi connectivity index (χ0) is 13.5. The minimum atomic E-state index is 0.183. The predicted octanol–water partition coefficient (Wildman–Crippen LogP) is 4.41. The molecule has 18 heavy (non-hydrogen) atoms. The predicted molar refractivity (Wildman–Crippen MR) is 79.8 cm³/mol. The highest BCUT2D eigenvalue weighted by Crippen LogP contribution is 2.20. The van der Waals surface area contributed by atoms with Gasteiger partial charge in [0, 0.05) is 18.3 Å². The monoisotopic (exact) mass is 265 g/mol. The number of rotatable bonds is 5. The number of hydrogen-bond donors (Lipinski definition) is 0. The Morgan fingerprint density at radius 1 is 1.22 bits per heavy atom. The lowest BCUT2D eigenvalue weighted by Crippen LogP contribution is -2.39. The Kier molecular flexibility index (Phi) is 6.27. The van der Waals surface area contributed by atoms with Gasteiger partial charge in [0.05, 0.1) is 0 Å². The van der Waals surface area contributed by atoms with Gasteiger partial charge in [-0.15, -0.1) is 0 Å². The molecular weight excluding hydrogens is 242 g/mol. The van der Waals surface area contributed by atoms with E-state index in [-0.39, 0.29) is 5.24 Å². The van der Waals surface area contributed by atoms with Crippen LogP contribution in [0.1, 0.15) is 33.3 Å². The van der Waals surface area contributed by atoms with Gasteiger partial charge in [-0.25, -0.2) is 0 Å². The summed E-state index contributed by atoms with van der Waals surface area (Å²) in [4.78, 5) is 14.1. The first kappa shape index (κ1) is 15.1. The van der Waals surface area contributed by atoms with Crippen molar-refractivity contribution in [1.29, 1.82) is 0 Å². The maximum atomic E-state index is 12.2. The standard InChI is InChI=1S/C15H23NOS/c1-5-16(13(4)12(2)3)15(17)18-11-14-9-7-6-8-10-14/h6-10,12-13H,5,11H2,1-4H3/t13-/m1/s1. The highest BCUT2D eigenvalue weighted by molar-refractivity contribution is 8.12. The molecule has 0 radical (unpaired) electrons. The third-order valence-electron chi connectivity index (χ3n) is 3.24. The van der Waals surface area contributed by atoms with Crippen LogP contribution >= 0.6 is 11.8 Å². The third-order valence-corrected chi connectivity index (χ3v) is 4.20. The van der Waals surface area contributed by atoms with Gasteiger partial charge < -0.3 is 4.90 Å². The molecule has 0 aromatic heterocycles. The first-order valence-electron chi connectivity index (χ1n) is 6.53. The van der Waals surface area contributed by atoms with Crippen molar-refractivity contribution in [2.45, 2.75) is 39.5 Å². The molecule has 1 aromatic carbocycles. The van der Waals surface area contributed by atoms with E-state index in [2.05, 4.69) is 32.9 Å². The zero-order valence-corrected chi connectivity index (χ0v) is 12.5. The summed E-state index contributed by atoms with van der Waals surface area (Å²) >= 11 is 1.39. The Morgan fingerprint density at radius 2 is 1.83 bits per heavy atom. The highest BCUT2D eigenvalue weighted by atomic mass is 32.2. The number of thioether (sulfide) groups is 1. The van der Waals surface area contributed by atoms with Crippen molar-refractivity contribution in [2.24, 2.45) is 5.92 Å². The lowest BCUT2D eigenvalue weighted by Gasteiger charge is -2.30. The van der Waals surface area contributed by atoms with Gasteiger partial charge in [0.15, 0.2) is 0 Å². The van der Waals surface area contributed by atoms with Gasteiger partial charge in [0.2, 0.25) is 0 Å². The Hall–Kier alpha value is -0.960. The topological polar surface area (TPSA) is 20.3 Å². The van der Waals surface area contributed by atoms with Crippen LogP contribution in [0.2, 0.25) is 0 Å². The van der Waals surface area contributed by atoms with Crippen LogP contribution < -0.4 is 0 Å². The van der Waals surface area contributed by atoms with Gasteiger partial charge in [0.25, 0.3) is 5.24 Å². The lowest BCUT2D eigenvalue weighted by atomic mass is 10.1. The normalized spacial score (nSPS) is 12.5. The lowest BCUT2D eigenvalue weighted by molar-refractivity contribution is 0.190. The fraction of sp³-hybridized carbons (Fsp3) is 0.533. The molecule has 1 aromatic rings. The van der Waals surface area contributed by atoms with Crippen LogP contribution in [0.15, 0.2) is 30.3 Å². The fourth-order valence-electron chi connectivity index (χ4n) is 1.75.